The molecule has 0 saturated carbocycles. The lowest BCUT2D eigenvalue weighted by Crippen LogP contribution is -2.07. The molecule has 0 aliphatic carbocycles. The van der Waals surface area contributed by atoms with Crippen LogP contribution in [0.1, 0.15) is 25.5 Å². The van der Waals surface area contributed by atoms with Gasteiger partial charge in [0.25, 0.3) is 0 Å². The van der Waals surface area contributed by atoms with E-state index in [1.165, 1.54) is 0 Å². The summed E-state index contributed by atoms with van der Waals surface area (Å²) in [6.45, 7) is 4.70. The molecule has 0 spiro atoms. The van der Waals surface area contributed by atoms with Crippen molar-refractivity contribution in [2.45, 2.75) is 26.4 Å². The molecule has 108 valence electrons. The summed E-state index contributed by atoms with van der Waals surface area (Å²) in [5.41, 5.74) is 9.39. The molecule has 0 amide bonds. The van der Waals surface area contributed by atoms with Gasteiger partial charge in [-0.25, -0.2) is 4.98 Å². The molecule has 5 heteroatoms. The number of aromatic amines is 1. The minimum absolute atomic E-state index is 0.127. The number of fused-ring (bicyclic) bond motifs is 1. The van der Waals surface area contributed by atoms with Crippen molar-refractivity contribution in [1.82, 2.24) is 14.5 Å². The van der Waals surface area contributed by atoms with E-state index in [4.69, 9.17) is 10.7 Å². The summed E-state index contributed by atoms with van der Waals surface area (Å²) in [5.74, 6) is 0.806. The van der Waals surface area contributed by atoms with Crippen LogP contribution in [-0.2, 0) is 6.54 Å². The van der Waals surface area contributed by atoms with E-state index >= 15 is 0 Å². The van der Waals surface area contributed by atoms with Crippen LogP contribution in [0.4, 0.5) is 0 Å². The van der Waals surface area contributed by atoms with Crippen LogP contribution in [0.5, 0.6) is 0 Å². The summed E-state index contributed by atoms with van der Waals surface area (Å²) in [7, 11) is 0. The maximum absolute atomic E-state index is 11.6. The fraction of sp³-hybridized carbons (Fsp3) is 0.250. The van der Waals surface area contributed by atoms with Gasteiger partial charge in [0.15, 0.2) is 0 Å². The zero-order valence-corrected chi connectivity index (χ0v) is 12.1. The smallest absolute Gasteiger partial charge is 0.248 e. The standard InChI is InChI=1S/C16H18N4O/c1-10(2)20-14-4-3-11(9-17)7-13(14)19-16(20)12-5-6-18-15(21)8-12/h3-8,10H,9,17H2,1-2H3,(H,18,21). The molecule has 2 aromatic heterocycles. The molecule has 0 aliphatic heterocycles. The predicted octanol–water partition coefficient (Wildman–Crippen LogP) is 2.43. The molecule has 2 heterocycles. The summed E-state index contributed by atoms with van der Waals surface area (Å²) in [5, 5.41) is 0. The van der Waals surface area contributed by atoms with Gasteiger partial charge in [0.05, 0.1) is 11.0 Å². The summed E-state index contributed by atoms with van der Waals surface area (Å²) in [6, 6.07) is 9.75. The quantitative estimate of drug-likeness (QED) is 0.774. The Hall–Kier alpha value is -2.40. The highest BCUT2D eigenvalue weighted by atomic mass is 16.1. The topological polar surface area (TPSA) is 76.7 Å². The van der Waals surface area contributed by atoms with E-state index in [-0.39, 0.29) is 11.6 Å². The van der Waals surface area contributed by atoms with Crippen LogP contribution >= 0.6 is 0 Å². The molecule has 0 fully saturated rings. The lowest BCUT2D eigenvalue weighted by Gasteiger charge is -2.13. The van der Waals surface area contributed by atoms with Crippen molar-refractivity contribution in [3.8, 4) is 11.4 Å². The highest BCUT2D eigenvalue weighted by Gasteiger charge is 2.15. The van der Waals surface area contributed by atoms with Crippen molar-refractivity contribution in [3.63, 3.8) is 0 Å². The number of nitrogens with zero attached hydrogens (tertiary/aromatic N) is 2. The van der Waals surface area contributed by atoms with Crippen LogP contribution in [0.15, 0.2) is 41.3 Å². The highest BCUT2D eigenvalue weighted by Crippen LogP contribution is 2.28. The van der Waals surface area contributed by atoms with Crippen LogP contribution in [0.25, 0.3) is 22.4 Å². The van der Waals surface area contributed by atoms with E-state index in [0.717, 1.165) is 28.0 Å². The number of benzene rings is 1. The van der Waals surface area contributed by atoms with E-state index in [0.29, 0.717) is 6.54 Å². The van der Waals surface area contributed by atoms with Gasteiger partial charge in [-0.05, 0) is 37.6 Å². The Bertz CT molecular complexity index is 845. The second-order valence-corrected chi connectivity index (χ2v) is 5.37. The van der Waals surface area contributed by atoms with Gasteiger partial charge >= 0.3 is 0 Å². The molecule has 3 rings (SSSR count). The van der Waals surface area contributed by atoms with E-state index < -0.39 is 0 Å². The minimum atomic E-state index is -0.127. The first-order valence-corrected chi connectivity index (χ1v) is 7.00. The van der Waals surface area contributed by atoms with Crippen LogP contribution in [0.2, 0.25) is 0 Å². The number of nitrogens with two attached hydrogens (primary N) is 1. The molecule has 21 heavy (non-hydrogen) atoms. The first-order chi connectivity index (χ1) is 10.1. The summed E-state index contributed by atoms with van der Waals surface area (Å²) >= 11 is 0. The Kier molecular flexibility index (Phi) is 3.35. The first kappa shape index (κ1) is 13.6. The Morgan fingerprint density at radius 3 is 2.76 bits per heavy atom. The molecule has 1 aromatic carbocycles. The van der Waals surface area contributed by atoms with Gasteiger partial charge in [0.1, 0.15) is 5.82 Å². The summed E-state index contributed by atoms with van der Waals surface area (Å²) in [6.07, 6.45) is 1.65. The van der Waals surface area contributed by atoms with Gasteiger partial charge in [0.2, 0.25) is 5.56 Å². The zero-order chi connectivity index (χ0) is 15.0. The van der Waals surface area contributed by atoms with Crippen molar-refractivity contribution in [2.24, 2.45) is 5.73 Å². The minimum Gasteiger partial charge on any atom is -0.329 e. The Labute approximate surface area is 122 Å². The van der Waals surface area contributed by atoms with Gasteiger partial charge in [-0.3, -0.25) is 4.79 Å². The lowest BCUT2D eigenvalue weighted by atomic mass is 10.2. The number of H-pyrrole nitrogens is 1. The van der Waals surface area contributed by atoms with Crippen molar-refractivity contribution in [1.29, 1.82) is 0 Å². The van der Waals surface area contributed by atoms with Crippen LogP contribution < -0.4 is 11.3 Å². The predicted molar refractivity (Wildman–Crippen MR) is 84.1 cm³/mol. The van der Waals surface area contributed by atoms with Gasteiger partial charge < -0.3 is 15.3 Å². The van der Waals surface area contributed by atoms with E-state index in [1.54, 1.807) is 12.3 Å². The molecule has 5 nitrogen and oxygen atoms in total. The van der Waals surface area contributed by atoms with Crippen molar-refractivity contribution in [2.75, 3.05) is 0 Å². The molecule has 3 aromatic rings. The Morgan fingerprint density at radius 1 is 1.29 bits per heavy atom. The summed E-state index contributed by atoms with van der Waals surface area (Å²) in [4.78, 5) is 18.9. The number of imidazole rings is 1. The normalized spacial score (nSPS) is 11.4. The molecular formula is C16H18N4O. The van der Waals surface area contributed by atoms with E-state index in [2.05, 4.69) is 23.4 Å². The Balaban J connectivity index is 2.31. The average molecular weight is 282 g/mol. The number of nitrogens with one attached hydrogen (secondary N) is 1. The molecule has 0 unspecified atom stereocenters. The number of hydrogen-bond acceptors (Lipinski definition) is 3. The second-order valence-electron chi connectivity index (χ2n) is 5.37. The van der Waals surface area contributed by atoms with Gasteiger partial charge in [-0.2, -0.15) is 0 Å². The first-order valence-electron chi connectivity index (χ1n) is 7.00. The largest absolute Gasteiger partial charge is 0.329 e. The van der Waals surface area contributed by atoms with Crippen LogP contribution in [0, 0.1) is 0 Å². The molecule has 0 bridgehead atoms. The fourth-order valence-electron chi connectivity index (χ4n) is 2.58. The van der Waals surface area contributed by atoms with Gasteiger partial charge in [-0.1, -0.05) is 6.07 Å². The Morgan fingerprint density at radius 2 is 2.10 bits per heavy atom. The molecule has 0 atom stereocenters. The molecule has 0 aliphatic rings. The SMILES string of the molecule is CC(C)n1c(-c2cc[nH]c(=O)c2)nc2cc(CN)ccc21. The third-order valence-corrected chi connectivity index (χ3v) is 3.54. The molecule has 3 N–H and O–H groups in total. The second kappa shape index (κ2) is 5.18. The average Bonchev–Trinajstić information content (AvgIpc) is 2.85. The van der Waals surface area contributed by atoms with Gasteiger partial charge in [-0.15, -0.1) is 0 Å². The number of pyridine rings is 1. The molecule has 0 saturated heterocycles. The third kappa shape index (κ3) is 2.36. The van der Waals surface area contributed by atoms with Crippen molar-refractivity contribution in [3.05, 3.63) is 52.4 Å². The maximum atomic E-state index is 11.6. The number of rotatable bonds is 3. The third-order valence-electron chi connectivity index (χ3n) is 3.54. The maximum Gasteiger partial charge on any atom is 0.248 e. The highest BCUT2D eigenvalue weighted by molar-refractivity contribution is 5.81. The number of hydrogen-bond donors (Lipinski definition) is 2. The van der Waals surface area contributed by atoms with E-state index in [1.807, 2.05) is 24.3 Å². The van der Waals surface area contributed by atoms with Crippen LogP contribution in [-0.4, -0.2) is 14.5 Å². The zero-order valence-electron chi connectivity index (χ0n) is 12.1. The van der Waals surface area contributed by atoms with Gasteiger partial charge in [0, 0.05) is 30.4 Å². The summed E-state index contributed by atoms with van der Waals surface area (Å²) < 4.78 is 2.14. The molecule has 0 radical (unpaired) electrons. The van der Waals surface area contributed by atoms with Crippen molar-refractivity contribution >= 4 is 11.0 Å². The monoisotopic (exact) mass is 282 g/mol. The molecular weight excluding hydrogens is 264 g/mol. The van der Waals surface area contributed by atoms with Crippen LogP contribution in [0.3, 0.4) is 0 Å². The van der Waals surface area contributed by atoms with Crippen molar-refractivity contribution < 1.29 is 0 Å². The van der Waals surface area contributed by atoms with E-state index in [9.17, 15) is 4.79 Å². The fourth-order valence-corrected chi connectivity index (χ4v) is 2.58. The number of aromatic nitrogens is 3. The lowest BCUT2D eigenvalue weighted by molar-refractivity contribution is 0.624.